The van der Waals surface area contributed by atoms with E-state index < -0.39 is 0 Å². The summed E-state index contributed by atoms with van der Waals surface area (Å²) >= 11 is 19.6. The van der Waals surface area contributed by atoms with E-state index in [4.69, 9.17) is 34.8 Å². The van der Waals surface area contributed by atoms with E-state index in [-0.39, 0.29) is 5.91 Å². The lowest BCUT2D eigenvalue weighted by Gasteiger charge is -2.09. The van der Waals surface area contributed by atoms with Crippen LogP contribution in [0.15, 0.2) is 36.4 Å². The number of hydrogen-bond donors (Lipinski definition) is 1. The minimum absolute atomic E-state index is 0.0665. The molecule has 0 bridgehead atoms. The first kappa shape index (κ1) is 17.5. The number of halogens is 3. The van der Waals surface area contributed by atoms with Crippen molar-refractivity contribution >= 4 is 58.2 Å². The normalized spacial score (nSPS) is 10.5. The molecule has 1 N–H and O–H groups in total. The second-order valence-corrected chi connectivity index (χ2v) is 6.91. The lowest BCUT2D eigenvalue weighted by Crippen LogP contribution is -2.14. The molecule has 2 aromatic carbocycles. The van der Waals surface area contributed by atoms with Gasteiger partial charge in [-0.1, -0.05) is 52.5 Å². The molecule has 0 saturated carbocycles. The van der Waals surface area contributed by atoms with E-state index in [9.17, 15) is 4.79 Å². The maximum atomic E-state index is 11.9. The summed E-state index contributed by atoms with van der Waals surface area (Å²) in [4.78, 5) is 11.9. The van der Waals surface area contributed by atoms with E-state index in [1.165, 1.54) is 11.8 Å². The number of benzene rings is 2. The van der Waals surface area contributed by atoms with Crippen LogP contribution in [0, 0.1) is 6.92 Å². The van der Waals surface area contributed by atoms with Crippen LogP contribution in [0.5, 0.6) is 0 Å². The Kier molecular flexibility index (Phi) is 6.45. The minimum Gasteiger partial charge on any atom is -0.325 e. The summed E-state index contributed by atoms with van der Waals surface area (Å²) in [6.07, 6.45) is 0. The summed E-state index contributed by atoms with van der Waals surface area (Å²) in [7, 11) is 0. The van der Waals surface area contributed by atoms with Gasteiger partial charge in [-0.25, -0.2) is 0 Å². The van der Waals surface area contributed by atoms with E-state index in [0.717, 1.165) is 16.8 Å². The Morgan fingerprint density at radius 1 is 1.05 bits per heavy atom. The van der Waals surface area contributed by atoms with Crippen molar-refractivity contribution < 1.29 is 4.79 Å². The number of amides is 1. The topological polar surface area (TPSA) is 29.1 Å². The fourth-order valence-corrected chi connectivity index (χ4v) is 3.48. The summed E-state index contributed by atoms with van der Waals surface area (Å²) in [5.41, 5.74) is 2.69. The number of carbonyl (C=O) groups is 1. The molecular weight excluding hydrogens is 361 g/mol. The monoisotopic (exact) mass is 373 g/mol. The van der Waals surface area contributed by atoms with Crippen molar-refractivity contribution in [2.45, 2.75) is 12.7 Å². The molecule has 0 saturated heterocycles. The van der Waals surface area contributed by atoms with Crippen LogP contribution >= 0.6 is 46.6 Å². The van der Waals surface area contributed by atoms with Crippen molar-refractivity contribution in [1.82, 2.24) is 0 Å². The zero-order valence-electron chi connectivity index (χ0n) is 11.8. The number of thioether (sulfide) groups is 1. The number of anilines is 1. The average molecular weight is 375 g/mol. The van der Waals surface area contributed by atoms with Crippen molar-refractivity contribution in [1.29, 1.82) is 0 Å². The Morgan fingerprint density at radius 3 is 2.36 bits per heavy atom. The number of hydrogen-bond acceptors (Lipinski definition) is 2. The van der Waals surface area contributed by atoms with Gasteiger partial charge in [-0.3, -0.25) is 4.79 Å². The van der Waals surface area contributed by atoms with Gasteiger partial charge in [0.05, 0.1) is 15.8 Å². The average Bonchev–Trinajstić information content (AvgIpc) is 2.49. The maximum absolute atomic E-state index is 11.9. The molecule has 0 fully saturated rings. The smallest absolute Gasteiger partial charge is 0.234 e. The SMILES string of the molecule is Cc1ccc(NC(=O)CSCc2c(Cl)ccc(Cl)c2Cl)cc1. The summed E-state index contributed by atoms with van der Waals surface area (Å²) in [5.74, 6) is 0.773. The van der Waals surface area contributed by atoms with Gasteiger partial charge < -0.3 is 5.32 Å². The molecule has 0 aliphatic rings. The number of rotatable bonds is 5. The summed E-state index contributed by atoms with van der Waals surface area (Å²) in [5, 5.41) is 4.31. The molecule has 0 aromatic heterocycles. The predicted octanol–water partition coefficient (Wildman–Crippen LogP) is 5.83. The zero-order valence-corrected chi connectivity index (χ0v) is 14.9. The Balaban J connectivity index is 1.87. The van der Waals surface area contributed by atoms with Gasteiger partial charge in [0.2, 0.25) is 5.91 Å². The molecule has 1 amide bonds. The van der Waals surface area contributed by atoms with E-state index in [0.29, 0.717) is 26.6 Å². The molecule has 0 spiro atoms. The van der Waals surface area contributed by atoms with Crippen LogP contribution in [-0.2, 0) is 10.5 Å². The lowest BCUT2D eigenvalue weighted by atomic mass is 10.2. The molecule has 116 valence electrons. The summed E-state index contributed by atoms with van der Waals surface area (Å²) < 4.78 is 0. The highest BCUT2D eigenvalue weighted by atomic mass is 35.5. The first-order valence-electron chi connectivity index (χ1n) is 6.54. The highest BCUT2D eigenvalue weighted by Crippen LogP contribution is 2.33. The molecule has 0 aliphatic heterocycles. The highest BCUT2D eigenvalue weighted by molar-refractivity contribution is 7.99. The van der Waals surface area contributed by atoms with Gasteiger partial charge in [-0.15, -0.1) is 11.8 Å². The van der Waals surface area contributed by atoms with Crippen molar-refractivity contribution in [3.05, 3.63) is 62.6 Å². The Bertz CT molecular complexity index is 674. The van der Waals surface area contributed by atoms with Crippen LogP contribution < -0.4 is 5.32 Å². The highest BCUT2D eigenvalue weighted by Gasteiger charge is 2.11. The van der Waals surface area contributed by atoms with E-state index in [1.54, 1.807) is 12.1 Å². The maximum Gasteiger partial charge on any atom is 0.234 e. The van der Waals surface area contributed by atoms with Crippen molar-refractivity contribution in [3.63, 3.8) is 0 Å². The van der Waals surface area contributed by atoms with Gasteiger partial charge in [0, 0.05) is 22.0 Å². The van der Waals surface area contributed by atoms with E-state index >= 15 is 0 Å². The second kappa shape index (κ2) is 8.11. The quantitative estimate of drug-likeness (QED) is 0.667. The minimum atomic E-state index is -0.0665. The molecule has 0 heterocycles. The molecular formula is C16H14Cl3NOS. The Hall–Kier alpha value is -0.870. The number of nitrogens with one attached hydrogen (secondary N) is 1. The third-order valence-electron chi connectivity index (χ3n) is 2.95. The first-order valence-corrected chi connectivity index (χ1v) is 8.83. The largest absolute Gasteiger partial charge is 0.325 e. The Labute approximate surface area is 149 Å². The molecule has 0 radical (unpaired) electrons. The van der Waals surface area contributed by atoms with E-state index in [1.807, 2.05) is 31.2 Å². The second-order valence-electron chi connectivity index (χ2n) is 4.73. The molecule has 0 atom stereocenters. The Morgan fingerprint density at radius 2 is 1.68 bits per heavy atom. The van der Waals surface area contributed by atoms with Gasteiger partial charge in [0.25, 0.3) is 0 Å². The first-order chi connectivity index (χ1) is 10.5. The lowest BCUT2D eigenvalue weighted by molar-refractivity contribution is -0.113. The fraction of sp³-hybridized carbons (Fsp3) is 0.188. The van der Waals surface area contributed by atoms with Gasteiger partial charge in [0.15, 0.2) is 0 Å². The summed E-state index contributed by atoms with van der Waals surface area (Å²) in [6, 6.07) is 11.0. The van der Waals surface area contributed by atoms with Crippen molar-refractivity contribution in [2.24, 2.45) is 0 Å². The van der Waals surface area contributed by atoms with E-state index in [2.05, 4.69) is 5.32 Å². The van der Waals surface area contributed by atoms with Crippen LogP contribution in [-0.4, -0.2) is 11.7 Å². The van der Waals surface area contributed by atoms with Crippen LogP contribution in [0.4, 0.5) is 5.69 Å². The summed E-state index contributed by atoms with van der Waals surface area (Å²) in [6.45, 7) is 2.00. The van der Waals surface area contributed by atoms with Gasteiger partial charge >= 0.3 is 0 Å². The van der Waals surface area contributed by atoms with Gasteiger partial charge in [-0.2, -0.15) is 0 Å². The van der Waals surface area contributed by atoms with Crippen molar-refractivity contribution in [3.8, 4) is 0 Å². The van der Waals surface area contributed by atoms with Crippen LogP contribution in [0.3, 0.4) is 0 Å². The third kappa shape index (κ3) is 4.82. The van der Waals surface area contributed by atoms with Crippen molar-refractivity contribution in [2.75, 3.05) is 11.1 Å². The van der Waals surface area contributed by atoms with Crippen LogP contribution in [0.1, 0.15) is 11.1 Å². The molecule has 0 aliphatic carbocycles. The standard InChI is InChI=1S/C16H14Cl3NOS/c1-10-2-4-11(5-3-10)20-15(21)9-22-8-12-13(17)6-7-14(18)16(12)19/h2-7H,8-9H2,1H3,(H,20,21). The molecule has 2 nitrogen and oxygen atoms in total. The fourth-order valence-electron chi connectivity index (χ4n) is 1.78. The van der Waals surface area contributed by atoms with Gasteiger partial charge in [-0.05, 0) is 31.2 Å². The molecule has 0 unspecified atom stereocenters. The zero-order chi connectivity index (χ0) is 16.1. The molecule has 2 rings (SSSR count). The third-order valence-corrected chi connectivity index (χ3v) is 5.11. The van der Waals surface area contributed by atoms with Crippen LogP contribution in [0.2, 0.25) is 15.1 Å². The van der Waals surface area contributed by atoms with Gasteiger partial charge in [0.1, 0.15) is 0 Å². The predicted molar refractivity (Wildman–Crippen MR) is 97.4 cm³/mol. The molecule has 6 heteroatoms. The number of aryl methyl sites for hydroxylation is 1. The number of carbonyl (C=O) groups excluding carboxylic acids is 1. The van der Waals surface area contributed by atoms with Crippen LogP contribution in [0.25, 0.3) is 0 Å². The molecule has 2 aromatic rings. The molecule has 22 heavy (non-hydrogen) atoms.